The van der Waals surface area contributed by atoms with Crippen molar-refractivity contribution in [3.05, 3.63) is 65.4 Å². The Morgan fingerprint density at radius 1 is 1.03 bits per heavy atom. The van der Waals surface area contributed by atoms with E-state index in [1.807, 2.05) is 56.4 Å². The first-order chi connectivity index (χ1) is 13.9. The van der Waals surface area contributed by atoms with Gasteiger partial charge < -0.3 is 9.88 Å². The van der Waals surface area contributed by atoms with Gasteiger partial charge in [0.1, 0.15) is 0 Å². The fourth-order valence-corrected chi connectivity index (χ4v) is 5.59. The van der Waals surface area contributed by atoms with Crippen LogP contribution >= 0.6 is 0 Å². The van der Waals surface area contributed by atoms with E-state index < -0.39 is 10.0 Å². The Bertz CT molecular complexity index is 1160. The lowest BCUT2D eigenvalue weighted by Crippen LogP contribution is -2.50. The number of H-pyrrole nitrogens is 1. The lowest BCUT2D eigenvalue weighted by atomic mass is 10.1. The van der Waals surface area contributed by atoms with Crippen LogP contribution in [0.25, 0.3) is 10.9 Å². The number of aromatic amines is 1. The molecule has 0 spiro atoms. The summed E-state index contributed by atoms with van der Waals surface area (Å²) in [7, 11) is -3.55. The zero-order chi connectivity index (χ0) is 20.6. The van der Waals surface area contributed by atoms with Crippen LogP contribution in [-0.4, -0.2) is 54.7 Å². The van der Waals surface area contributed by atoms with Gasteiger partial charge in [0.25, 0.3) is 0 Å². The van der Waals surface area contributed by atoms with Gasteiger partial charge in [-0.2, -0.15) is 4.31 Å². The minimum Gasteiger partial charge on any atom is -0.361 e. The van der Waals surface area contributed by atoms with Crippen molar-refractivity contribution in [3.63, 3.8) is 0 Å². The predicted octanol–water partition coefficient (Wildman–Crippen LogP) is 2.86. The number of carbonyl (C=O) groups excluding carboxylic acids is 1. The summed E-state index contributed by atoms with van der Waals surface area (Å²) in [6.07, 6.45) is 2.19. The van der Waals surface area contributed by atoms with Crippen LogP contribution in [-0.2, 0) is 21.2 Å². The molecule has 1 aromatic heterocycles. The molecule has 4 rings (SSSR count). The van der Waals surface area contributed by atoms with E-state index in [0.717, 1.165) is 27.6 Å². The number of fused-ring (bicyclic) bond motifs is 1. The van der Waals surface area contributed by atoms with E-state index in [9.17, 15) is 13.2 Å². The highest BCUT2D eigenvalue weighted by Gasteiger charge is 2.31. The predicted molar refractivity (Wildman–Crippen MR) is 113 cm³/mol. The number of aromatic nitrogens is 1. The molecule has 1 fully saturated rings. The molecule has 1 amide bonds. The third-order valence-electron chi connectivity index (χ3n) is 5.56. The molecule has 1 aliphatic heterocycles. The zero-order valence-corrected chi connectivity index (χ0v) is 17.5. The van der Waals surface area contributed by atoms with Gasteiger partial charge in [-0.25, -0.2) is 8.42 Å². The highest BCUT2D eigenvalue weighted by atomic mass is 32.2. The number of nitrogens with one attached hydrogen (secondary N) is 1. The van der Waals surface area contributed by atoms with Crippen LogP contribution in [0.3, 0.4) is 0 Å². The van der Waals surface area contributed by atoms with Crippen molar-refractivity contribution in [1.29, 1.82) is 0 Å². The van der Waals surface area contributed by atoms with E-state index in [1.54, 1.807) is 11.0 Å². The van der Waals surface area contributed by atoms with Gasteiger partial charge in [0.2, 0.25) is 15.9 Å². The number of amides is 1. The minimum absolute atomic E-state index is 0.0262. The molecule has 0 saturated carbocycles. The van der Waals surface area contributed by atoms with Crippen molar-refractivity contribution in [2.24, 2.45) is 0 Å². The van der Waals surface area contributed by atoms with Gasteiger partial charge >= 0.3 is 0 Å². The first-order valence-corrected chi connectivity index (χ1v) is 11.2. The largest absolute Gasteiger partial charge is 0.361 e. The maximum absolute atomic E-state index is 13.0. The van der Waals surface area contributed by atoms with E-state index in [4.69, 9.17) is 0 Å². The molecule has 152 valence electrons. The number of rotatable bonds is 4. The quantitative estimate of drug-likeness (QED) is 0.717. The summed E-state index contributed by atoms with van der Waals surface area (Å²) >= 11 is 0. The molecule has 0 atom stereocenters. The monoisotopic (exact) mass is 411 g/mol. The number of sulfonamides is 1. The number of aryl methyl sites for hydroxylation is 2. The molecule has 3 aromatic rings. The van der Waals surface area contributed by atoms with Crippen molar-refractivity contribution >= 4 is 26.8 Å². The smallest absolute Gasteiger partial charge is 0.243 e. The summed E-state index contributed by atoms with van der Waals surface area (Å²) in [5, 5.41) is 1.05. The van der Waals surface area contributed by atoms with Crippen molar-refractivity contribution in [3.8, 4) is 0 Å². The second-order valence-corrected chi connectivity index (χ2v) is 9.50. The van der Waals surface area contributed by atoms with Gasteiger partial charge in [-0.15, -0.1) is 0 Å². The molecule has 6 nitrogen and oxygen atoms in total. The maximum atomic E-state index is 13.0. The molecule has 1 N–H and O–H groups in total. The minimum atomic E-state index is -3.55. The molecule has 0 aliphatic carbocycles. The number of carbonyl (C=O) groups is 1. The Morgan fingerprint density at radius 2 is 1.76 bits per heavy atom. The average molecular weight is 412 g/mol. The van der Waals surface area contributed by atoms with Gasteiger partial charge in [-0.3, -0.25) is 4.79 Å². The topological polar surface area (TPSA) is 73.5 Å². The fraction of sp³-hybridized carbons (Fsp3) is 0.318. The van der Waals surface area contributed by atoms with Crippen LogP contribution in [0.4, 0.5) is 0 Å². The average Bonchev–Trinajstić information content (AvgIpc) is 3.11. The van der Waals surface area contributed by atoms with Crippen molar-refractivity contribution < 1.29 is 13.2 Å². The molecule has 1 aliphatic rings. The number of para-hydroxylation sites is 1. The highest BCUT2D eigenvalue weighted by Crippen LogP contribution is 2.23. The first kappa shape index (κ1) is 19.7. The molecule has 0 unspecified atom stereocenters. The van der Waals surface area contributed by atoms with Crippen LogP contribution in [0.2, 0.25) is 0 Å². The molecule has 2 aromatic carbocycles. The van der Waals surface area contributed by atoms with E-state index in [1.165, 1.54) is 4.31 Å². The number of hydrogen-bond acceptors (Lipinski definition) is 3. The normalized spacial score (nSPS) is 15.7. The van der Waals surface area contributed by atoms with Crippen molar-refractivity contribution in [2.45, 2.75) is 25.2 Å². The second kappa shape index (κ2) is 7.65. The summed E-state index contributed by atoms with van der Waals surface area (Å²) < 4.78 is 27.5. The Balaban J connectivity index is 1.43. The molecule has 0 radical (unpaired) electrons. The van der Waals surface area contributed by atoms with E-state index >= 15 is 0 Å². The Hall–Kier alpha value is -2.64. The SMILES string of the molecule is Cc1ccc(S(=O)(=O)N2CCN(C(=O)Cc3c[nH]c4ccccc34)CC2)c(C)c1. The maximum Gasteiger partial charge on any atom is 0.243 e. The Kier molecular flexibility index (Phi) is 5.19. The van der Waals surface area contributed by atoms with Crippen molar-refractivity contribution in [1.82, 2.24) is 14.2 Å². The first-order valence-electron chi connectivity index (χ1n) is 9.76. The van der Waals surface area contributed by atoms with E-state index in [2.05, 4.69) is 4.98 Å². The molecule has 0 bridgehead atoms. The molecular weight excluding hydrogens is 386 g/mol. The number of nitrogens with zero attached hydrogens (tertiary/aromatic N) is 2. The summed E-state index contributed by atoms with van der Waals surface area (Å²) in [4.78, 5) is 18.1. The Morgan fingerprint density at radius 3 is 2.48 bits per heavy atom. The third kappa shape index (κ3) is 3.80. The highest BCUT2D eigenvalue weighted by molar-refractivity contribution is 7.89. The van der Waals surface area contributed by atoms with Gasteiger partial charge in [-0.1, -0.05) is 35.9 Å². The van der Waals surface area contributed by atoms with Gasteiger partial charge in [0, 0.05) is 43.3 Å². The lowest BCUT2D eigenvalue weighted by molar-refractivity contribution is -0.131. The third-order valence-corrected chi connectivity index (χ3v) is 7.62. The molecule has 1 saturated heterocycles. The van der Waals surface area contributed by atoms with E-state index in [0.29, 0.717) is 37.5 Å². The summed E-state index contributed by atoms with van der Waals surface area (Å²) in [6, 6.07) is 13.3. The van der Waals surface area contributed by atoms with Crippen LogP contribution in [0.5, 0.6) is 0 Å². The van der Waals surface area contributed by atoms with Gasteiger partial charge in [0.05, 0.1) is 11.3 Å². The lowest BCUT2D eigenvalue weighted by Gasteiger charge is -2.34. The van der Waals surface area contributed by atoms with Crippen LogP contribution in [0.1, 0.15) is 16.7 Å². The zero-order valence-electron chi connectivity index (χ0n) is 16.7. The van der Waals surface area contributed by atoms with Crippen molar-refractivity contribution in [2.75, 3.05) is 26.2 Å². The Labute approximate surface area is 171 Å². The molecule has 2 heterocycles. The van der Waals surface area contributed by atoms with Gasteiger partial charge in [0.15, 0.2) is 0 Å². The van der Waals surface area contributed by atoms with Gasteiger partial charge in [-0.05, 0) is 37.1 Å². The molecule has 7 heteroatoms. The van der Waals surface area contributed by atoms with Crippen LogP contribution in [0.15, 0.2) is 53.6 Å². The molecule has 29 heavy (non-hydrogen) atoms. The summed E-state index contributed by atoms with van der Waals surface area (Å²) in [6.45, 7) is 5.21. The summed E-state index contributed by atoms with van der Waals surface area (Å²) in [5.74, 6) is 0.0262. The van der Waals surface area contributed by atoms with Crippen LogP contribution in [0, 0.1) is 13.8 Å². The number of hydrogen-bond donors (Lipinski definition) is 1. The van der Waals surface area contributed by atoms with Crippen LogP contribution < -0.4 is 0 Å². The number of piperazine rings is 1. The second-order valence-electron chi connectivity index (χ2n) is 7.59. The number of benzene rings is 2. The standard InChI is InChI=1S/C22H25N3O3S/c1-16-7-8-21(17(2)13-16)29(27,28)25-11-9-24(10-12-25)22(26)14-18-15-23-20-6-4-3-5-19(18)20/h3-8,13,15,23H,9-12,14H2,1-2H3. The van der Waals surface area contributed by atoms with E-state index in [-0.39, 0.29) is 5.91 Å². The fourth-order valence-electron chi connectivity index (χ4n) is 3.96. The summed E-state index contributed by atoms with van der Waals surface area (Å²) in [5.41, 5.74) is 3.77. The molecular formula is C22H25N3O3S.